The van der Waals surface area contributed by atoms with Crippen LogP contribution in [0.1, 0.15) is 19.8 Å². The van der Waals surface area contributed by atoms with Gasteiger partial charge in [0.1, 0.15) is 6.04 Å². The third-order valence-electron chi connectivity index (χ3n) is 2.23. The van der Waals surface area contributed by atoms with E-state index in [0.29, 0.717) is 0 Å². The second-order valence-corrected chi connectivity index (χ2v) is 6.21. The molecule has 0 saturated heterocycles. The third kappa shape index (κ3) is 8.14. The van der Waals surface area contributed by atoms with Gasteiger partial charge in [0.25, 0.3) is 0 Å². The number of carboxylic acid groups (broad SMARTS) is 1. The lowest BCUT2D eigenvalue weighted by atomic mass is 10.3. The molecule has 2 amide bonds. The summed E-state index contributed by atoms with van der Waals surface area (Å²) in [6.07, 6.45) is 0.155. The Bertz CT molecular complexity index is 445. The van der Waals surface area contributed by atoms with E-state index in [4.69, 9.17) is 5.11 Å². The molecular formula is C10H18N2O6S. The maximum absolute atomic E-state index is 11.7. The van der Waals surface area contributed by atoms with Gasteiger partial charge >= 0.3 is 5.97 Å². The Labute approximate surface area is 111 Å². The van der Waals surface area contributed by atoms with Crippen molar-refractivity contribution in [3.05, 3.63) is 0 Å². The minimum atomic E-state index is -3.65. The van der Waals surface area contributed by atoms with Crippen LogP contribution in [-0.2, 0) is 24.2 Å². The molecule has 0 fully saturated rings. The van der Waals surface area contributed by atoms with Gasteiger partial charge in [-0.15, -0.1) is 0 Å². The molecule has 1 atom stereocenters. The van der Waals surface area contributed by atoms with Gasteiger partial charge in [-0.05, 0) is 6.42 Å². The summed E-state index contributed by atoms with van der Waals surface area (Å²) >= 11 is 0. The molecule has 0 aromatic heterocycles. The molecular weight excluding hydrogens is 276 g/mol. The maximum Gasteiger partial charge on any atom is 0.327 e. The molecule has 0 heterocycles. The van der Waals surface area contributed by atoms with Crippen molar-refractivity contribution in [2.45, 2.75) is 25.8 Å². The quantitative estimate of drug-likeness (QED) is 0.500. The van der Waals surface area contributed by atoms with Gasteiger partial charge in [-0.25, -0.2) is 13.2 Å². The van der Waals surface area contributed by atoms with Crippen LogP contribution in [-0.4, -0.2) is 55.9 Å². The van der Waals surface area contributed by atoms with Crippen molar-refractivity contribution >= 4 is 27.6 Å². The minimum absolute atomic E-state index is 0.0492. The first-order valence-corrected chi connectivity index (χ1v) is 7.41. The highest BCUT2D eigenvalue weighted by Gasteiger charge is 2.25. The number of carbonyl (C=O) groups excluding carboxylic acids is 2. The molecule has 8 nitrogen and oxygen atoms in total. The molecule has 3 N–H and O–H groups in total. The van der Waals surface area contributed by atoms with Crippen LogP contribution >= 0.6 is 0 Å². The molecule has 0 rings (SSSR count). The molecule has 0 aliphatic rings. The van der Waals surface area contributed by atoms with Gasteiger partial charge in [-0.1, -0.05) is 0 Å². The van der Waals surface area contributed by atoms with Crippen LogP contribution in [0.5, 0.6) is 0 Å². The van der Waals surface area contributed by atoms with Crippen molar-refractivity contribution in [1.29, 1.82) is 0 Å². The Hall–Kier alpha value is -1.64. The second-order valence-electron chi connectivity index (χ2n) is 3.98. The first kappa shape index (κ1) is 17.4. The fraction of sp³-hybridized carbons (Fsp3) is 0.700. The van der Waals surface area contributed by atoms with E-state index in [9.17, 15) is 22.8 Å². The summed E-state index contributed by atoms with van der Waals surface area (Å²) in [7, 11) is -2.21. The number of nitrogens with one attached hydrogen (secondary N) is 2. The van der Waals surface area contributed by atoms with Crippen LogP contribution in [0.15, 0.2) is 0 Å². The molecule has 0 aromatic carbocycles. The molecule has 0 spiro atoms. The summed E-state index contributed by atoms with van der Waals surface area (Å²) in [6.45, 7) is 1.11. The van der Waals surface area contributed by atoms with Gasteiger partial charge in [0.2, 0.25) is 11.8 Å². The Balaban J connectivity index is 4.43. The zero-order valence-electron chi connectivity index (χ0n) is 10.8. The van der Waals surface area contributed by atoms with E-state index in [1.165, 1.54) is 7.05 Å². The largest absolute Gasteiger partial charge is 0.480 e. The summed E-state index contributed by atoms with van der Waals surface area (Å²) in [4.78, 5) is 32.5. The molecule has 19 heavy (non-hydrogen) atoms. The normalized spacial score (nSPS) is 12.5. The number of rotatable bonds is 8. The number of carbonyl (C=O) groups is 3. The Kier molecular flexibility index (Phi) is 7.05. The van der Waals surface area contributed by atoms with E-state index in [1.54, 1.807) is 0 Å². The van der Waals surface area contributed by atoms with Gasteiger partial charge in [0, 0.05) is 20.4 Å². The van der Waals surface area contributed by atoms with Crippen molar-refractivity contribution < 1.29 is 27.9 Å². The fourth-order valence-electron chi connectivity index (χ4n) is 1.33. The monoisotopic (exact) mass is 294 g/mol. The topological polar surface area (TPSA) is 130 Å². The first-order valence-electron chi connectivity index (χ1n) is 5.59. The zero-order valence-corrected chi connectivity index (χ0v) is 11.6. The molecule has 0 aromatic rings. The van der Waals surface area contributed by atoms with Crippen molar-refractivity contribution in [1.82, 2.24) is 10.6 Å². The standard InChI is InChI=1S/C10H18N2O6S/c1-7(13)12-8(10(15)16)6-19(17,18)5-3-4-9(14)11-2/h8H,3-6H2,1-2H3,(H,11,14)(H,12,13)(H,15,16)/t8-/m0/s1. The van der Waals surface area contributed by atoms with Crippen molar-refractivity contribution in [2.75, 3.05) is 18.6 Å². The Morgan fingerprint density at radius 3 is 2.26 bits per heavy atom. The number of carboxylic acids is 1. The van der Waals surface area contributed by atoms with Crippen LogP contribution in [0.3, 0.4) is 0 Å². The smallest absolute Gasteiger partial charge is 0.327 e. The van der Waals surface area contributed by atoms with Crippen molar-refractivity contribution in [3.8, 4) is 0 Å². The SMILES string of the molecule is CNC(=O)CCCS(=O)(=O)C[C@H](NC(C)=O)C(=O)O. The lowest BCUT2D eigenvalue weighted by Gasteiger charge is -2.13. The Morgan fingerprint density at radius 2 is 1.84 bits per heavy atom. The average Bonchev–Trinajstić information content (AvgIpc) is 2.26. The average molecular weight is 294 g/mol. The summed E-state index contributed by atoms with van der Waals surface area (Å²) in [6, 6.07) is -1.47. The van der Waals surface area contributed by atoms with E-state index >= 15 is 0 Å². The second kappa shape index (κ2) is 7.72. The maximum atomic E-state index is 11.7. The van der Waals surface area contributed by atoms with Gasteiger partial charge < -0.3 is 15.7 Å². The van der Waals surface area contributed by atoms with Crippen LogP contribution in [0.2, 0.25) is 0 Å². The van der Waals surface area contributed by atoms with Crippen molar-refractivity contribution in [2.24, 2.45) is 0 Å². The molecule has 9 heteroatoms. The van der Waals surface area contributed by atoms with Crippen LogP contribution in [0.25, 0.3) is 0 Å². The predicted molar refractivity (Wildman–Crippen MR) is 67.2 cm³/mol. The molecule has 110 valence electrons. The summed E-state index contributed by atoms with van der Waals surface area (Å²) in [5.41, 5.74) is 0. The van der Waals surface area contributed by atoms with Crippen LogP contribution < -0.4 is 10.6 Å². The Morgan fingerprint density at radius 1 is 1.26 bits per heavy atom. The van der Waals surface area contributed by atoms with E-state index in [-0.39, 0.29) is 24.5 Å². The molecule has 0 radical (unpaired) electrons. The van der Waals surface area contributed by atoms with E-state index in [2.05, 4.69) is 5.32 Å². The number of sulfone groups is 1. The number of hydrogen-bond acceptors (Lipinski definition) is 5. The minimum Gasteiger partial charge on any atom is -0.480 e. The lowest BCUT2D eigenvalue weighted by Crippen LogP contribution is -2.44. The van der Waals surface area contributed by atoms with Crippen LogP contribution in [0, 0.1) is 0 Å². The zero-order chi connectivity index (χ0) is 15.1. The van der Waals surface area contributed by atoms with Gasteiger partial charge in [-0.3, -0.25) is 9.59 Å². The van der Waals surface area contributed by atoms with E-state index in [0.717, 1.165) is 6.92 Å². The predicted octanol–water partition coefficient (Wildman–Crippen LogP) is -1.48. The van der Waals surface area contributed by atoms with E-state index < -0.39 is 33.5 Å². The highest BCUT2D eigenvalue weighted by atomic mass is 32.2. The van der Waals surface area contributed by atoms with Crippen molar-refractivity contribution in [3.63, 3.8) is 0 Å². The molecule has 0 unspecified atom stereocenters. The highest BCUT2D eigenvalue weighted by molar-refractivity contribution is 7.91. The van der Waals surface area contributed by atoms with E-state index in [1.807, 2.05) is 5.32 Å². The fourth-order valence-corrected chi connectivity index (χ4v) is 2.82. The number of amides is 2. The molecule has 0 bridgehead atoms. The van der Waals surface area contributed by atoms with Gasteiger partial charge in [-0.2, -0.15) is 0 Å². The summed E-state index contributed by atoms with van der Waals surface area (Å²) < 4.78 is 23.3. The number of hydrogen-bond donors (Lipinski definition) is 3. The molecule has 0 aliphatic carbocycles. The van der Waals surface area contributed by atoms with Crippen LogP contribution in [0.4, 0.5) is 0 Å². The highest BCUT2D eigenvalue weighted by Crippen LogP contribution is 2.01. The molecule has 0 aliphatic heterocycles. The summed E-state index contributed by atoms with van der Waals surface area (Å²) in [5.74, 6) is -3.30. The third-order valence-corrected chi connectivity index (χ3v) is 3.99. The van der Waals surface area contributed by atoms with Gasteiger partial charge in [0.15, 0.2) is 9.84 Å². The molecule has 0 saturated carbocycles. The lowest BCUT2D eigenvalue weighted by molar-refractivity contribution is -0.140. The first-order chi connectivity index (χ1) is 8.68. The van der Waals surface area contributed by atoms with Gasteiger partial charge in [0.05, 0.1) is 11.5 Å². The summed E-state index contributed by atoms with van der Waals surface area (Å²) in [5, 5.41) is 13.2. The number of aliphatic carboxylic acids is 1.